The highest BCUT2D eigenvalue weighted by atomic mass is 19.1. The number of nitrogens with zero attached hydrogens (tertiary/aromatic N) is 1. The zero-order valence-corrected chi connectivity index (χ0v) is 15.1. The number of ether oxygens (including phenoxy) is 2. The summed E-state index contributed by atoms with van der Waals surface area (Å²) in [6.07, 6.45) is 1.29. The Bertz CT molecular complexity index is 974. The molecule has 1 aromatic heterocycles. The quantitative estimate of drug-likeness (QED) is 0.659. The lowest BCUT2D eigenvalue weighted by atomic mass is 10.2. The molecule has 0 radical (unpaired) electrons. The Hall–Kier alpha value is -3.68. The highest BCUT2D eigenvalue weighted by Crippen LogP contribution is 2.29. The van der Waals surface area contributed by atoms with E-state index in [1.54, 1.807) is 18.2 Å². The van der Waals surface area contributed by atoms with Crippen molar-refractivity contribution >= 4 is 23.1 Å². The maximum atomic E-state index is 13.7. The number of aromatic nitrogens is 1. The number of methoxy groups -OCH3 is 2. The van der Waals surface area contributed by atoms with Crippen molar-refractivity contribution in [3.05, 3.63) is 71.9 Å². The van der Waals surface area contributed by atoms with Crippen LogP contribution in [-0.4, -0.2) is 25.1 Å². The van der Waals surface area contributed by atoms with Crippen molar-refractivity contribution in [1.29, 1.82) is 0 Å². The van der Waals surface area contributed by atoms with Gasteiger partial charge >= 0.3 is 0 Å². The third-order valence-electron chi connectivity index (χ3n) is 3.90. The normalized spacial score (nSPS) is 10.3. The second-order valence-corrected chi connectivity index (χ2v) is 5.67. The van der Waals surface area contributed by atoms with Crippen molar-refractivity contribution in [3.63, 3.8) is 0 Å². The van der Waals surface area contributed by atoms with Gasteiger partial charge in [0.15, 0.2) is 0 Å². The minimum absolute atomic E-state index is 0.194. The van der Waals surface area contributed by atoms with E-state index in [1.807, 2.05) is 0 Å². The highest BCUT2D eigenvalue weighted by molar-refractivity contribution is 6.05. The van der Waals surface area contributed by atoms with Crippen LogP contribution in [0, 0.1) is 11.6 Å². The number of carbonyl (C=O) groups excluding carboxylic acids is 1. The van der Waals surface area contributed by atoms with E-state index in [2.05, 4.69) is 15.6 Å². The van der Waals surface area contributed by atoms with Gasteiger partial charge in [-0.25, -0.2) is 13.8 Å². The van der Waals surface area contributed by atoms with Gasteiger partial charge in [-0.1, -0.05) is 6.07 Å². The van der Waals surface area contributed by atoms with Gasteiger partial charge in [-0.15, -0.1) is 0 Å². The standard InChI is InChI=1S/C20H17F2N3O3/c1-27-13-7-8-17(28-2)16(10-13)24-20(26)12-6-9-18(23-11-12)25-19-14(21)4-3-5-15(19)22/h3-11H,1-2H3,(H,23,25)(H,24,26). The van der Waals surface area contributed by atoms with E-state index in [0.717, 1.165) is 12.1 Å². The summed E-state index contributed by atoms with van der Waals surface area (Å²) in [5.74, 6) is -0.694. The van der Waals surface area contributed by atoms with E-state index in [-0.39, 0.29) is 17.1 Å². The molecule has 1 heterocycles. The van der Waals surface area contributed by atoms with Crippen molar-refractivity contribution in [3.8, 4) is 11.5 Å². The summed E-state index contributed by atoms with van der Waals surface area (Å²) in [7, 11) is 3.00. The Morgan fingerprint density at radius 3 is 2.36 bits per heavy atom. The fourth-order valence-electron chi connectivity index (χ4n) is 2.45. The minimum atomic E-state index is -0.742. The van der Waals surface area contributed by atoms with Crippen LogP contribution >= 0.6 is 0 Å². The molecule has 8 heteroatoms. The van der Waals surface area contributed by atoms with Crippen LogP contribution in [0.1, 0.15) is 10.4 Å². The summed E-state index contributed by atoms with van der Waals surface area (Å²) in [5.41, 5.74) is 0.375. The molecule has 0 aliphatic carbocycles. The molecule has 144 valence electrons. The van der Waals surface area contributed by atoms with Gasteiger partial charge in [0.25, 0.3) is 5.91 Å². The first kappa shape index (κ1) is 19.1. The molecule has 0 saturated heterocycles. The number of hydrogen-bond donors (Lipinski definition) is 2. The van der Waals surface area contributed by atoms with Crippen LogP contribution < -0.4 is 20.1 Å². The molecule has 28 heavy (non-hydrogen) atoms. The molecule has 3 rings (SSSR count). The molecule has 6 nitrogen and oxygen atoms in total. The zero-order valence-electron chi connectivity index (χ0n) is 15.1. The lowest BCUT2D eigenvalue weighted by Crippen LogP contribution is -2.13. The van der Waals surface area contributed by atoms with Crippen LogP contribution in [0.25, 0.3) is 0 Å². The summed E-state index contributed by atoms with van der Waals surface area (Å²) in [6.45, 7) is 0. The van der Waals surface area contributed by atoms with E-state index < -0.39 is 17.5 Å². The molecule has 0 unspecified atom stereocenters. The van der Waals surface area contributed by atoms with Gasteiger partial charge in [-0.2, -0.15) is 0 Å². The van der Waals surface area contributed by atoms with Crippen LogP contribution in [0.5, 0.6) is 11.5 Å². The van der Waals surface area contributed by atoms with Gasteiger partial charge in [0, 0.05) is 12.3 Å². The Kier molecular flexibility index (Phi) is 5.69. The molecular formula is C20H17F2N3O3. The molecule has 0 aliphatic rings. The van der Waals surface area contributed by atoms with E-state index in [0.29, 0.717) is 17.2 Å². The number of hydrogen-bond acceptors (Lipinski definition) is 5. The van der Waals surface area contributed by atoms with Gasteiger partial charge in [0.2, 0.25) is 0 Å². The first-order chi connectivity index (χ1) is 13.5. The van der Waals surface area contributed by atoms with Crippen molar-refractivity contribution in [2.45, 2.75) is 0 Å². The third-order valence-corrected chi connectivity index (χ3v) is 3.90. The Morgan fingerprint density at radius 1 is 1.00 bits per heavy atom. The maximum Gasteiger partial charge on any atom is 0.257 e. The van der Waals surface area contributed by atoms with Crippen LogP contribution in [-0.2, 0) is 0 Å². The van der Waals surface area contributed by atoms with E-state index >= 15 is 0 Å². The lowest BCUT2D eigenvalue weighted by Gasteiger charge is -2.12. The maximum absolute atomic E-state index is 13.7. The first-order valence-electron chi connectivity index (χ1n) is 8.22. The number of nitrogens with one attached hydrogen (secondary N) is 2. The summed E-state index contributed by atoms with van der Waals surface area (Å²) in [6, 6.07) is 11.5. The second-order valence-electron chi connectivity index (χ2n) is 5.67. The number of carbonyl (C=O) groups is 1. The van der Waals surface area contributed by atoms with Crippen molar-refractivity contribution in [2.24, 2.45) is 0 Å². The number of rotatable bonds is 6. The van der Waals surface area contributed by atoms with Crippen molar-refractivity contribution < 1.29 is 23.0 Å². The van der Waals surface area contributed by atoms with Crippen LogP contribution in [0.2, 0.25) is 0 Å². The largest absolute Gasteiger partial charge is 0.497 e. The zero-order chi connectivity index (χ0) is 20.1. The lowest BCUT2D eigenvalue weighted by molar-refractivity contribution is 0.102. The van der Waals surface area contributed by atoms with E-state index in [1.165, 1.54) is 38.6 Å². The topological polar surface area (TPSA) is 72.5 Å². The average Bonchev–Trinajstić information content (AvgIpc) is 2.71. The predicted octanol–water partition coefficient (Wildman–Crippen LogP) is 4.37. The van der Waals surface area contributed by atoms with Gasteiger partial charge < -0.3 is 20.1 Å². The van der Waals surface area contributed by atoms with Crippen molar-refractivity contribution in [1.82, 2.24) is 4.98 Å². The summed E-state index contributed by atoms with van der Waals surface area (Å²) >= 11 is 0. The fourth-order valence-corrected chi connectivity index (χ4v) is 2.45. The Balaban J connectivity index is 1.76. The second kappa shape index (κ2) is 8.34. The molecule has 0 aliphatic heterocycles. The smallest absolute Gasteiger partial charge is 0.257 e. The van der Waals surface area contributed by atoms with Gasteiger partial charge in [-0.3, -0.25) is 4.79 Å². The van der Waals surface area contributed by atoms with Crippen LogP contribution in [0.15, 0.2) is 54.7 Å². The molecule has 0 spiro atoms. The summed E-state index contributed by atoms with van der Waals surface area (Å²) < 4.78 is 37.8. The van der Waals surface area contributed by atoms with Gasteiger partial charge in [-0.05, 0) is 36.4 Å². The average molecular weight is 385 g/mol. The van der Waals surface area contributed by atoms with Crippen LogP contribution in [0.4, 0.5) is 26.0 Å². The molecule has 0 saturated carbocycles. The summed E-state index contributed by atoms with van der Waals surface area (Å²) in [5, 5.41) is 5.28. The number of halogens is 2. The van der Waals surface area contributed by atoms with E-state index in [9.17, 15) is 13.6 Å². The Labute approximate surface area is 160 Å². The first-order valence-corrected chi connectivity index (χ1v) is 8.22. The molecule has 3 aromatic rings. The molecule has 2 N–H and O–H groups in total. The predicted molar refractivity (Wildman–Crippen MR) is 101 cm³/mol. The molecular weight excluding hydrogens is 368 g/mol. The fraction of sp³-hybridized carbons (Fsp3) is 0.100. The SMILES string of the molecule is COc1ccc(OC)c(NC(=O)c2ccc(Nc3c(F)cccc3F)nc2)c1. The number of benzene rings is 2. The number of anilines is 3. The van der Waals surface area contributed by atoms with E-state index in [4.69, 9.17) is 9.47 Å². The number of pyridine rings is 1. The molecule has 2 aromatic carbocycles. The number of para-hydroxylation sites is 1. The molecule has 0 fully saturated rings. The monoisotopic (exact) mass is 385 g/mol. The summed E-state index contributed by atoms with van der Waals surface area (Å²) in [4.78, 5) is 16.5. The van der Waals surface area contributed by atoms with Crippen LogP contribution in [0.3, 0.4) is 0 Å². The Morgan fingerprint density at radius 2 is 1.75 bits per heavy atom. The molecule has 1 amide bonds. The minimum Gasteiger partial charge on any atom is -0.497 e. The number of amides is 1. The van der Waals surface area contributed by atoms with Gasteiger partial charge in [0.1, 0.15) is 34.6 Å². The van der Waals surface area contributed by atoms with Gasteiger partial charge in [0.05, 0.1) is 25.5 Å². The third kappa shape index (κ3) is 4.17. The van der Waals surface area contributed by atoms with Crippen molar-refractivity contribution in [2.75, 3.05) is 24.9 Å². The molecule has 0 bridgehead atoms. The molecule has 0 atom stereocenters. The highest BCUT2D eigenvalue weighted by Gasteiger charge is 2.13.